The summed E-state index contributed by atoms with van der Waals surface area (Å²) in [7, 11) is 0. The first-order valence-electron chi connectivity index (χ1n) is 6.19. The van der Waals surface area contributed by atoms with E-state index in [0.717, 1.165) is 0 Å². The van der Waals surface area contributed by atoms with Gasteiger partial charge in [-0.05, 0) is 29.8 Å². The van der Waals surface area contributed by atoms with Crippen molar-refractivity contribution in [3.05, 3.63) is 64.6 Å². The molecule has 0 amide bonds. The van der Waals surface area contributed by atoms with Crippen LogP contribution in [0.4, 0.5) is 4.39 Å². The maximum absolute atomic E-state index is 13.3. The van der Waals surface area contributed by atoms with Crippen LogP contribution in [0.3, 0.4) is 0 Å². The lowest BCUT2D eigenvalue weighted by atomic mass is 10.2. The summed E-state index contributed by atoms with van der Waals surface area (Å²) in [5.41, 5.74) is 1.18. The standard InChI is InChI=1S/C15H10ClFN2O2/c16-12-6-5-10(17)7-9(12)8-19-13-4-2-1-3-11(13)14(18-19)15(20)21/h1-7H,8H2,(H,20,21). The third-order valence-corrected chi connectivity index (χ3v) is 3.56. The van der Waals surface area contributed by atoms with Crippen LogP contribution in [-0.4, -0.2) is 20.9 Å². The van der Waals surface area contributed by atoms with Gasteiger partial charge >= 0.3 is 5.97 Å². The Morgan fingerprint density at radius 3 is 2.81 bits per heavy atom. The lowest BCUT2D eigenvalue weighted by Crippen LogP contribution is -2.05. The molecular weight excluding hydrogens is 295 g/mol. The lowest BCUT2D eigenvalue weighted by molar-refractivity contribution is 0.0691. The molecule has 1 N–H and O–H groups in total. The number of para-hydroxylation sites is 1. The van der Waals surface area contributed by atoms with E-state index in [1.807, 2.05) is 0 Å². The zero-order chi connectivity index (χ0) is 15.0. The number of carbonyl (C=O) groups is 1. The van der Waals surface area contributed by atoms with Crippen LogP contribution < -0.4 is 0 Å². The SMILES string of the molecule is O=C(O)c1nn(Cc2cc(F)ccc2Cl)c2ccccc12. The average Bonchev–Trinajstić information content (AvgIpc) is 2.82. The van der Waals surface area contributed by atoms with Gasteiger partial charge in [-0.15, -0.1) is 0 Å². The molecule has 0 bridgehead atoms. The van der Waals surface area contributed by atoms with Gasteiger partial charge in [0.05, 0.1) is 12.1 Å². The van der Waals surface area contributed by atoms with E-state index in [0.29, 0.717) is 21.5 Å². The van der Waals surface area contributed by atoms with Crippen molar-refractivity contribution in [1.29, 1.82) is 0 Å². The number of aromatic nitrogens is 2. The van der Waals surface area contributed by atoms with E-state index in [1.54, 1.807) is 24.3 Å². The van der Waals surface area contributed by atoms with E-state index in [2.05, 4.69) is 5.10 Å². The van der Waals surface area contributed by atoms with Gasteiger partial charge in [-0.1, -0.05) is 29.8 Å². The molecular formula is C15H10ClFN2O2. The minimum atomic E-state index is -1.10. The quantitative estimate of drug-likeness (QED) is 0.804. The fourth-order valence-corrected chi connectivity index (χ4v) is 2.41. The number of benzene rings is 2. The van der Waals surface area contributed by atoms with Gasteiger partial charge in [0.15, 0.2) is 5.69 Å². The molecule has 0 aliphatic carbocycles. The van der Waals surface area contributed by atoms with Crippen LogP contribution in [0.15, 0.2) is 42.5 Å². The molecule has 6 heteroatoms. The molecule has 0 saturated carbocycles. The second-order valence-electron chi connectivity index (χ2n) is 4.56. The number of aromatic carboxylic acids is 1. The number of rotatable bonds is 3. The number of fused-ring (bicyclic) bond motifs is 1. The van der Waals surface area contributed by atoms with Gasteiger partial charge in [0.2, 0.25) is 0 Å². The molecule has 1 aromatic heterocycles. The predicted molar refractivity (Wildman–Crippen MR) is 77.2 cm³/mol. The lowest BCUT2D eigenvalue weighted by Gasteiger charge is -2.06. The zero-order valence-corrected chi connectivity index (χ0v) is 11.5. The molecule has 3 aromatic rings. The molecule has 106 valence electrons. The fourth-order valence-electron chi connectivity index (χ4n) is 2.23. The predicted octanol–water partition coefficient (Wildman–Crippen LogP) is 3.58. The normalized spacial score (nSPS) is 11.0. The van der Waals surface area contributed by atoms with Crippen LogP contribution >= 0.6 is 11.6 Å². The van der Waals surface area contributed by atoms with E-state index < -0.39 is 11.8 Å². The number of hydrogen-bond donors (Lipinski definition) is 1. The monoisotopic (exact) mass is 304 g/mol. The van der Waals surface area contributed by atoms with Crippen molar-refractivity contribution in [3.8, 4) is 0 Å². The Kier molecular flexibility index (Phi) is 3.35. The van der Waals surface area contributed by atoms with Crippen molar-refractivity contribution in [1.82, 2.24) is 9.78 Å². The molecule has 0 saturated heterocycles. The van der Waals surface area contributed by atoms with Crippen molar-refractivity contribution >= 4 is 28.5 Å². The highest BCUT2D eigenvalue weighted by molar-refractivity contribution is 6.31. The molecule has 0 radical (unpaired) electrons. The first kappa shape index (κ1) is 13.6. The van der Waals surface area contributed by atoms with Crippen LogP contribution in [0.25, 0.3) is 10.9 Å². The highest BCUT2D eigenvalue weighted by Crippen LogP contribution is 2.23. The summed E-state index contributed by atoms with van der Waals surface area (Å²) in [5.74, 6) is -1.50. The second-order valence-corrected chi connectivity index (χ2v) is 4.97. The second kappa shape index (κ2) is 5.18. The highest BCUT2D eigenvalue weighted by atomic mass is 35.5. The summed E-state index contributed by atoms with van der Waals surface area (Å²) >= 11 is 6.04. The zero-order valence-electron chi connectivity index (χ0n) is 10.8. The molecule has 0 aliphatic heterocycles. The van der Waals surface area contributed by atoms with Gasteiger partial charge < -0.3 is 5.11 Å². The first-order valence-corrected chi connectivity index (χ1v) is 6.57. The van der Waals surface area contributed by atoms with E-state index in [4.69, 9.17) is 11.6 Å². The summed E-state index contributed by atoms with van der Waals surface area (Å²) in [4.78, 5) is 11.2. The Hall–Kier alpha value is -2.40. The van der Waals surface area contributed by atoms with Crippen molar-refractivity contribution in [3.63, 3.8) is 0 Å². The Labute approximate surface area is 124 Å². The van der Waals surface area contributed by atoms with E-state index in [1.165, 1.54) is 22.9 Å². The van der Waals surface area contributed by atoms with Gasteiger partial charge in [0.25, 0.3) is 0 Å². The van der Waals surface area contributed by atoms with Gasteiger partial charge in [-0.3, -0.25) is 4.68 Å². The number of nitrogens with zero attached hydrogens (tertiary/aromatic N) is 2. The van der Waals surface area contributed by atoms with Crippen LogP contribution in [0, 0.1) is 5.82 Å². The number of hydrogen-bond acceptors (Lipinski definition) is 2. The summed E-state index contributed by atoms with van der Waals surface area (Å²) in [6.07, 6.45) is 0. The summed E-state index contributed by atoms with van der Waals surface area (Å²) in [6.45, 7) is 0.199. The fraction of sp³-hybridized carbons (Fsp3) is 0.0667. The smallest absolute Gasteiger partial charge is 0.357 e. The Bertz CT molecular complexity index is 845. The molecule has 3 rings (SSSR count). The molecule has 0 unspecified atom stereocenters. The Morgan fingerprint density at radius 2 is 2.05 bits per heavy atom. The number of halogens is 2. The van der Waals surface area contributed by atoms with Crippen LogP contribution in [0.5, 0.6) is 0 Å². The van der Waals surface area contributed by atoms with Crippen molar-refractivity contribution in [2.24, 2.45) is 0 Å². The van der Waals surface area contributed by atoms with E-state index >= 15 is 0 Å². The van der Waals surface area contributed by atoms with E-state index in [9.17, 15) is 14.3 Å². The topological polar surface area (TPSA) is 55.1 Å². The molecule has 1 heterocycles. The number of carboxylic acid groups (broad SMARTS) is 1. The van der Waals surface area contributed by atoms with E-state index in [-0.39, 0.29) is 12.2 Å². The van der Waals surface area contributed by atoms with Crippen molar-refractivity contribution < 1.29 is 14.3 Å². The minimum absolute atomic E-state index is 0.0295. The molecule has 4 nitrogen and oxygen atoms in total. The molecule has 2 aromatic carbocycles. The maximum atomic E-state index is 13.3. The Balaban J connectivity index is 2.13. The van der Waals surface area contributed by atoms with Crippen LogP contribution in [0.1, 0.15) is 16.1 Å². The highest BCUT2D eigenvalue weighted by Gasteiger charge is 2.16. The first-order chi connectivity index (χ1) is 10.1. The third kappa shape index (κ3) is 2.48. The summed E-state index contributed by atoms with van der Waals surface area (Å²) < 4.78 is 14.8. The van der Waals surface area contributed by atoms with Gasteiger partial charge in [0, 0.05) is 10.4 Å². The summed E-state index contributed by atoms with van der Waals surface area (Å²) in [5, 5.41) is 14.2. The largest absolute Gasteiger partial charge is 0.476 e. The number of carboxylic acids is 1. The molecule has 21 heavy (non-hydrogen) atoms. The summed E-state index contributed by atoms with van der Waals surface area (Å²) in [6, 6.07) is 11.1. The van der Waals surface area contributed by atoms with Gasteiger partial charge in [0.1, 0.15) is 5.82 Å². The molecule has 0 spiro atoms. The molecule has 0 fully saturated rings. The molecule has 0 atom stereocenters. The average molecular weight is 305 g/mol. The third-order valence-electron chi connectivity index (χ3n) is 3.19. The Morgan fingerprint density at radius 1 is 1.29 bits per heavy atom. The maximum Gasteiger partial charge on any atom is 0.357 e. The van der Waals surface area contributed by atoms with Gasteiger partial charge in [-0.2, -0.15) is 5.10 Å². The van der Waals surface area contributed by atoms with Crippen LogP contribution in [0.2, 0.25) is 5.02 Å². The van der Waals surface area contributed by atoms with Crippen molar-refractivity contribution in [2.75, 3.05) is 0 Å². The van der Waals surface area contributed by atoms with Gasteiger partial charge in [-0.25, -0.2) is 9.18 Å². The molecule has 0 aliphatic rings. The van der Waals surface area contributed by atoms with Crippen molar-refractivity contribution in [2.45, 2.75) is 6.54 Å². The minimum Gasteiger partial charge on any atom is -0.476 e. The van der Waals surface area contributed by atoms with Crippen LogP contribution in [-0.2, 0) is 6.54 Å².